The first kappa shape index (κ1) is 22.2. The fraction of sp³-hybridized carbons (Fsp3) is 0.444. The van der Waals surface area contributed by atoms with Crippen LogP contribution in [0.25, 0.3) is 0 Å². The molecule has 29 heavy (non-hydrogen) atoms. The van der Waals surface area contributed by atoms with E-state index in [4.69, 9.17) is 4.74 Å². The summed E-state index contributed by atoms with van der Waals surface area (Å²) in [6, 6.07) is 4.10. The van der Waals surface area contributed by atoms with Crippen molar-refractivity contribution in [1.82, 2.24) is 10.6 Å². The standard InChI is InChI=1S/C18H20F3N3O5/c1-10-4-3-5-13(11(10)2)24-7-12(6-15(24)26)16(27)29-8-14(25)23-17(28)22-9-18(19,20)21/h3-5,12H,6-9H2,1-2H3,(H2,22,23,25,28)/t12-/m0/s1. The van der Waals surface area contributed by atoms with Crippen molar-refractivity contribution in [2.75, 3.05) is 24.6 Å². The highest BCUT2D eigenvalue weighted by Crippen LogP contribution is 2.29. The summed E-state index contributed by atoms with van der Waals surface area (Å²) >= 11 is 0. The van der Waals surface area contributed by atoms with Crippen LogP contribution in [-0.2, 0) is 19.1 Å². The zero-order valence-corrected chi connectivity index (χ0v) is 15.8. The number of hydrogen-bond acceptors (Lipinski definition) is 5. The van der Waals surface area contributed by atoms with Crippen LogP contribution in [0.5, 0.6) is 0 Å². The molecule has 1 aliphatic heterocycles. The van der Waals surface area contributed by atoms with Crippen molar-refractivity contribution in [3.8, 4) is 0 Å². The SMILES string of the molecule is Cc1cccc(N2C[C@@H](C(=O)OCC(=O)NC(=O)NCC(F)(F)F)CC2=O)c1C. The van der Waals surface area contributed by atoms with Crippen molar-refractivity contribution in [2.45, 2.75) is 26.4 Å². The quantitative estimate of drug-likeness (QED) is 0.711. The van der Waals surface area contributed by atoms with Crippen LogP contribution in [-0.4, -0.2) is 49.7 Å². The molecule has 0 radical (unpaired) electrons. The molecule has 1 aromatic carbocycles. The molecule has 0 aliphatic carbocycles. The minimum Gasteiger partial charge on any atom is -0.455 e. The molecule has 1 fully saturated rings. The van der Waals surface area contributed by atoms with E-state index < -0.39 is 43.2 Å². The normalized spacial score (nSPS) is 16.5. The molecule has 2 rings (SSSR count). The van der Waals surface area contributed by atoms with Gasteiger partial charge in [-0.25, -0.2) is 4.79 Å². The van der Waals surface area contributed by atoms with Gasteiger partial charge in [-0.3, -0.25) is 19.7 Å². The second kappa shape index (κ2) is 8.93. The largest absolute Gasteiger partial charge is 0.455 e. The Bertz CT molecular complexity index is 825. The third kappa shape index (κ3) is 6.19. The first-order chi connectivity index (χ1) is 13.5. The zero-order valence-electron chi connectivity index (χ0n) is 15.8. The van der Waals surface area contributed by atoms with Crippen molar-refractivity contribution in [2.24, 2.45) is 5.92 Å². The number of amides is 4. The lowest BCUT2D eigenvalue weighted by atomic mass is 10.1. The second-order valence-corrected chi connectivity index (χ2v) is 6.58. The molecule has 1 atom stereocenters. The Labute approximate surface area is 164 Å². The Morgan fingerprint density at radius 2 is 1.93 bits per heavy atom. The predicted molar refractivity (Wildman–Crippen MR) is 94.9 cm³/mol. The molecule has 158 valence electrons. The van der Waals surface area contributed by atoms with E-state index >= 15 is 0 Å². The molecule has 11 heteroatoms. The van der Waals surface area contributed by atoms with Gasteiger partial charge in [-0.2, -0.15) is 13.2 Å². The van der Waals surface area contributed by atoms with E-state index in [0.29, 0.717) is 5.69 Å². The van der Waals surface area contributed by atoms with E-state index in [1.807, 2.05) is 19.9 Å². The van der Waals surface area contributed by atoms with Gasteiger partial charge in [0.2, 0.25) is 5.91 Å². The lowest BCUT2D eigenvalue weighted by molar-refractivity contribution is -0.152. The van der Waals surface area contributed by atoms with Crippen molar-refractivity contribution in [3.05, 3.63) is 29.3 Å². The Balaban J connectivity index is 1.84. The molecule has 1 heterocycles. The average Bonchev–Trinajstić information content (AvgIpc) is 3.01. The number of ether oxygens (including phenoxy) is 1. The summed E-state index contributed by atoms with van der Waals surface area (Å²) < 4.78 is 40.7. The molecule has 4 amide bonds. The molecule has 1 saturated heterocycles. The van der Waals surface area contributed by atoms with Crippen LogP contribution in [0, 0.1) is 19.8 Å². The highest BCUT2D eigenvalue weighted by atomic mass is 19.4. The van der Waals surface area contributed by atoms with Crippen LogP contribution in [0.4, 0.5) is 23.7 Å². The van der Waals surface area contributed by atoms with Gasteiger partial charge in [-0.15, -0.1) is 0 Å². The Hall–Kier alpha value is -3.11. The summed E-state index contributed by atoms with van der Waals surface area (Å²) in [6.45, 7) is 1.37. The molecule has 0 spiro atoms. The van der Waals surface area contributed by atoms with Gasteiger partial charge in [0, 0.05) is 18.7 Å². The molecule has 0 saturated carbocycles. The third-order valence-electron chi connectivity index (χ3n) is 4.37. The maximum absolute atomic E-state index is 12.3. The summed E-state index contributed by atoms with van der Waals surface area (Å²) in [6.07, 6.45) is -4.72. The minimum absolute atomic E-state index is 0.0790. The maximum atomic E-state index is 12.3. The monoisotopic (exact) mass is 415 g/mol. The number of esters is 1. The van der Waals surface area contributed by atoms with E-state index in [1.54, 1.807) is 17.4 Å². The molecular weight excluding hydrogens is 395 g/mol. The lowest BCUT2D eigenvalue weighted by Gasteiger charge is -2.20. The predicted octanol–water partition coefficient (Wildman–Crippen LogP) is 1.59. The van der Waals surface area contributed by atoms with Crippen LogP contribution < -0.4 is 15.5 Å². The van der Waals surface area contributed by atoms with Gasteiger partial charge in [0.05, 0.1) is 5.92 Å². The Kier molecular flexibility index (Phi) is 6.83. The summed E-state index contributed by atoms with van der Waals surface area (Å²) in [7, 11) is 0. The van der Waals surface area contributed by atoms with Gasteiger partial charge >= 0.3 is 18.2 Å². The van der Waals surface area contributed by atoms with Crippen LogP contribution in [0.1, 0.15) is 17.5 Å². The van der Waals surface area contributed by atoms with Crippen LogP contribution in [0.2, 0.25) is 0 Å². The number of benzene rings is 1. The number of hydrogen-bond donors (Lipinski definition) is 2. The van der Waals surface area contributed by atoms with Crippen molar-refractivity contribution >= 4 is 29.5 Å². The molecular formula is C18H20F3N3O5. The van der Waals surface area contributed by atoms with Crippen molar-refractivity contribution in [3.63, 3.8) is 0 Å². The second-order valence-electron chi connectivity index (χ2n) is 6.58. The van der Waals surface area contributed by atoms with E-state index in [-0.39, 0.29) is 18.9 Å². The lowest BCUT2D eigenvalue weighted by Crippen LogP contribution is -2.44. The fourth-order valence-electron chi connectivity index (χ4n) is 2.77. The van der Waals surface area contributed by atoms with Crippen LogP contribution in [0.15, 0.2) is 18.2 Å². The molecule has 1 aromatic rings. The maximum Gasteiger partial charge on any atom is 0.405 e. The smallest absolute Gasteiger partial charge is 0.405 e. The number of alkyl halides is 3. The molecule has 2 N–H and O–H groups in total. The first-order valence-corrected chi connectivity index (χ1v) is 8.65. The minimum atomic E-state index is -4.62. The summed E-state index contributed by atoms with van der Waals surface area (Å²) in [5, 5.41) is 3.06. The number of nitrogens with one attached hydrogen (secondary N) is 2. The van der Waals surface area contributed by atoms with E-state index in [0.717, 1.165) is 11.1 Å². The summed E-state index contributed by atoms with van der Waals surface area (Å²) in [5.74, 6) is -2.96. The summed E-state index contributed by atoms with van der Waals surface area (Å²) in [4.78, 5) is 48.6. The number of aryl methyl sites for hydroxylation is 1. The number of imide groups is 1. The fourth-order valence-corrected chi connectivity index (χ4v) is 2.77. The molecule has 1 aliphatic rings. The van der Waals surface area contributed by atoms with Crippen molar-refractivity contribution in [1.29, 1.82) is 0 Å². The van der Waals surface area contributed by atoms with Gasteiger partial charge in [0.25, 0.3) is 5.91 Å². The summed E-state index contributed by atoms with van der Waals surface area (Å²) in [5.41, 5.74) is 2.57. The molecule has 0 bridgehead atoms. The van der Waals surface area contributed by atoms with Gasteiger partial charge < -0.3 is 15.0 Å². The third-order valence-corrected chi connectivity index (χ3v) is 4.37. The molecule has 8 nitrogen and oxygen atoms in total. The van der Waals surface area contributed by atoms with Gasteiger partial charge in [0.15, 0.2) is 6.61 Å². The highest BCUT2D eigenvalue weighted by Gasteiger charge is 2.37. The first-order valence-electron chi connectivity index (χ1n) is 8.65. The number of anilines is 1. The molecule has 0 unspecified atom stereocenters. The van der Waals surface area contributed by atoms with Crippen LogP contribution >= 0.6 is 0 Å². The van der Waals surface area contributed by atoms with E-state index in [2.05, 4.69) is 0 Å². The number of carbonyl (C=O) groups is 4. The Morgan fingerprint density at radius 3 is 2.59 bits per heavy atom. The number of halogens is 3. The van der Waals surface area contributed by atoms with Gasteiger partial charge in [-0.05, 0) is 31.0 Å². The van der Waals surface area contributed by atoms with Gasteiger partial charge in [-0.1, -0.05) is 12.1 Å². The molecule has 0 aromatic heterocycles. The number of carbonyl (C=O) groups excluding carboxylic acids is 4. The van der Waals surface area contributed by atoms with Gasteiger partial charge in [0.1, 0.15) is 6.54 Å². The number of rotatable bonds is 5. The number of nitrogens with zero attached hydrogens (tertiary/aromatic N) is 1. The van der Waals surface area contributed by atoms with Crippen molar-refractivity contribution < 1.29 is 37.1 Å². The van der Waals surface area contributed by atoms with E-state index in [1.165, 1.54) is 10.2 Å². The average molecular weight is 415 g/mol. The van der Waals surface area contributed by atoms with E-state index in [9.17, 15) is 32.3 Å². The Morgan fingerprint density at radius 1 is 1.24 bits per heavy atom. The number of urea groups is 1. The highest BCUT2D eigenvalue weighted by molar-refractivity contribution is 6.00. The topological polar surface area (TPSA) is 105 Å². The van der Waals surface area contributed by atoms with Crippen LogP contribution in [0.3, 0.4) is 0 Å². The zero-order chi connectivity index (χ0) is 21.8.